The van der Waals surface area contributed by atoms with Gasteiger partial charge in [0, 0.05) is 16.7 Å². The molecule has 1 N–H and O–H groups in total. The van der Waals surface area contributed by atoms with Crippen molar-refractivity contribution in [2.75, 3.05) is 5.32 Å². The molecule has 0 aliphatic carbocycles. The molecule has 0 spiro atoms. The Bertz CT molecular complexity index is 1170. The first-order valence-electron chi connectivity index (χ1n) is 9.16. The van der Waals surface area contributed by atoms with E-state index in [9.17, 15) is 14.0 Å². The largest absolute Gasteiger partial charge is 0.407 e. The van der Waals surface area contributed by atoms with Crippen molar-refractivity contribution in [3.63, 3.8) is 0 Å². The highest BCUT2D eigenvalue weighted by molar-refractivity contribution is 6.10. The number of aromatic nitrogens is 2. The molecule has 6 nitrogen and oxygen atoms in total. The smallest absolute Gasteiger partial charge is 0.322 e. The molecule has 1 amide bonds. The second kappa shape index (κ2) is 8.48. The average Bonchev–Trinajstić information content (AvgIpc) is 3.22. The molecule has 0 saturated heterocycles. The Kier molecular flexibility index (Phi) is 5.43. The first kappa shape index (κ1) is 19.2. The lowest BCUT2D eigenvalue weighted by molar-refractivity contribution is 0.101. The number of amides is 1. The van der Waals surface area contributed by atoms with Gasteiger partial charge in [0.2, 0.25) is 5.89 Å². The van der Waals surface area contributed by atoms with Crippen LogP contribution in [0, 0.1) is 5.82 Å². The summed E-state index contributed by atoms with van der Waals surface area (Å²) in [6, 6.07) is 21.1. The summed E-state index contributed by atoms with van der Waals surface area (Å²) in [5, 5.41) is 10.2. The lowest BCUT2D eigenvalue weighted by Gasteiger charge is -2.04. The third kappa shape index (κ3) is 4.47. The summed E-state index contributed by atoms with van der Waals surface area (Å²) < 4.78 is 18.4. The number of benzene rings is 3. The van der Waals surface area contributed by atoms with Crippen molar-refractivity contribution >= 4 is 17.7 Å². The maximum atomic E-state index is 13.0. The third-order valence-electron chi connectivity index (χ3n) is 4.40. The Morgan fingerprint density at radius 1 is 0.800 bits per heavy atom. The Balaban J connectivity index is 1.40. The van der Waals surface area contributed by atoms with Crippen molar-refractivity contribution in [3.8, 4) is 0 Å². The monoisotopic (exact) mass is 401 g/mol. The van der Waals surface area contributed by atoms with E-state index >= 15 is 0 Å². The van der Waals surface area contributed by atoms with Crippen molar-refractivity contribution in [1.29, 1.82) is 0 Å². The van der Waals surface area contributed by atoms with Crippen LogP contribution in [0.1, 0.15) is 37.7 Å². The van der Waals surface area contributed by atoms with Crippen LogP contribution in [-0.2, 0) is 6.42 Å². The second-order valence-electron chi connectivity index (χ2n) is 6.53. The van der Waals surface area contributed by atoms with Crippen LogP contribution in [0.4, 0.5) is 10.4 Å². The fraction of sp³-hybridized carbons (Fsp3) is 0.0435. The highest BCUT2D eigenvalue weighted by atomic mass is 19.1. The molecule has 4 rings (SSSR count). The normalized spacial score (nSPS) is 10.6. The van der Waals surface area contributed by atoms with Crippen LogP contribution >= 0.6 is 0 Å². The molecule has 148 valence electrons. The van der Waals surface area contributed by atoms with Gasteiger partial charge in [0.1, 0.15) is 5.82 Å². The fourth-order valence-corrected chi connectivity index (χ4v) is 2.85. The summed E-state index contributed by atoms with van der Waals surface area (Å²) in [5.74, 6) is -0.593. The molecule has 0 aliphatic heterocycles. The van der Waals surface area contributed by atoms with Crippen molar-refractivity contribution in [3.05, 3.63) is 113 Å². The van der Waals surface area contributed by atoms with Gasteiger partial charge in [0.05, 0.1) is 6.42 Å². The van der Waals surface area contributed by atoms with Gasteiger partial charge in [-0.15, -0.1) is 5.10 Å². The van der Waals surface area contributed by atoms with Crippen LogP contribution in [0.3, 0.4) is 0 Å². The van der Waals surface area contributed by atoms with Crippen LogP contribution in [0.5, 0.6) is 0 Å². The molecule has 4 aromatic rings. The summed E-state index contributed by atoms with van der Waals surface area (Å²) >= 11 is 0. The van der Waals surface area contributed by atoms with E-state index in [1.807, 2.05) is 6.07 Å². The Morgan fingerprint density at radius 3 is 2.13 bits per heavy atom. The van der Waals surface area contributed by atoms with Crippen LogP contribution in [0.25, 0.3) is 0 Å². The predicted molar refractivity (Wildman–Crippen MR) is 108 cm³/mol. The lowest BCUT2D eigenvalue weighted by atomic mass is 10.0. The van der Waals surface area contributed by atoms with E-state index in [2.05, 4.69) is 15.5 Å². The first-order valence-corrected chi connectivity index (χ1v) is 9.16. The van der Waals surface area contributed by atoms with Crippen molar-refractivity contribution in [2.24, 2.45) is 0 Å². The molecule has 0 fully saturated rings. The molecule has 0 radical (unpaired) electrons. The zero-order chi connectivity index (χ0) is 20.9. The minimum absolute atomic E-state index is 0.0402. The van der Waals surface area contributed by atoms with E-state index in [4.69, 9.17) is 4.42 Å². The molecule has 0 unspecified atom stereocenters. The third-order valence-corrected chi connectivity index (χ3v) is 4.40. The lowest BCUT2D eigenvalue weighted by Crippen LogP contribution is -2.12. The summed E-state index contributed by atoms with van der Waals surface area (Å²) in [7, 11) is 0. The minimum Gasteiger partial charge on any atom is -0.407 e. The maximum Gasteiger partial charge on any atom is 0.322 e. The number of nitrogens with zero attached hydrogens (tertiary/aromatic N) is 2. The number of anilines is 1. The van der Waals surface area contributed by atoms with Gasteiger partial charge in [-0.05, 0) is 29.8 Å². The molecule has 0 bridgehead atoms. The van der Waals surface area contributed by atoms with Crippen LogP contribution < -0.4 is 5.32 Å². The van der Waals surface area contributed by atoms with E-state index < -0.39 is 5.91 Å². The molecular formula is C23H16FN3O3. The Labute approximate surface area is 171 Å². The number of rotatable bonds is 6. The van der Waals surface area contributed by atoms with Gasteiger partial charge < -0.3 is 4.42 Å². The molecule has 7 heteroatoms. The molecule has 0 saturated carbocycles. The standard InChI is InChI=1S/C23H16FN3O3/c24-19-12-6-15(7-13-19)14-20-26-27-23(30-20)25-22(29)18-10-8-17(9-11-18)21(28)16-4-2-1-3-5-16/h1-13H,14H2,(H,25,27,29). The highest BCUT2D eigenvalue weighted by Crippen LogP contribution is 2.15. The van der Waals surface area contributed by atoms with Gasteiger partial charge >= 0.3 is 6.01 Å². The van der Waals surface area contributed by atoms with Crippen molar-refractivity contribution in [1.82, 2.24) is 10.2 Å². The molecule has 0 atom stereocenters. The summed E-state index contributed by atoms with van der Waals surface area (Å²) in [6.07, 6.45) is 0.319. The van der Waals surface area contributed by atoms with Crippen LogP contribution in [0.15, 0.2) is 83.3 Å². The van der Waals surface area contributed by atoms with E-state index in [0.29, 0.717) is 29.0 Å². The summed E-state index contributed by atoms with van der Waals surface area (Å²) in [6.45, 7) is 0. The molecule has 3 aromatic carbocycles. The topological polar surface area (TPSA) is 85.1 Å². The average molecular weight is 401 g/mol. The minimum atomic E-state index is -0.439. The molecular weight excluding hydrogens is 385 g/mol. The molecule has 30 heavy (non-hydrogen) atoms. The summed E-state index contributed by atoms with van der Waals surface area (Å²) in [4.78, 5) is 24.8. The van der Waals surface area contributed by atoms with E-state index in [-0.39, 0.29) is 17.6 Å². The summed E-state index contributed by atoms with van der Waals surface area (Å²) in [5.41, 5.74) is 2.21. The number of hydrogen-bond donors (Lipinski definition) is 1. The van der Waals surface area contributed by atoms with Gasteiger partial charge in [-0.3, -0.25) is 14.9 Å². The number of carbonyl (C=O) groups excluding carboxylic acids is 2. The van der Waals surface area contributed by atoms with Gasteiger partial charge in [0.25, 0.3) is 5.91 Å². The number of carbonyl (C=O) groups is 2. The predicted octanol–water partition coefficient (Wildman–Crippen LogP) is 4.28. The van der Waals surface area contributed by atoms with Crippen molar-refractivity contribution < 1.29 is 18.4 Å². The number of halogens is 1. The number of hydrogen-bond acceptors (Lipinski definition) is 5. The quantitative estimate of drug-likeness (QED) is 0.488. The number of nitrogens with one attached hydrogen (secondary N) is 1. The van der Waals surface area contributed by atoms with E-state index in [0.717, 1.165) is 5.56 Å². The van der Waals surface area contributed by atoms with E-state index in [1.54, 1.807) is 60.7 Å². The highest BCUT2D eigenvalue weighted by Gasteiger charge is 2.14. The van der Waals surface area contributed by atoms with Crippen LogP contribution in [0.2, 0.25) is 0 Å². The first-order chi connectivity index (χ1) is 14.6. The zero-order valence-electron chi connectivity index (χ0n) is 15.7. The Morgan fingerprint density at radius 2 is 1.43 bits per heavy atom. The maximum absolute atomic E-state index is 13.0. The van der Waals surface area contributed by atoms with Crippen molar-refractivity contribution in [2.45, 2.75) is 6.42 Å². The number of ketones is 1. The van der Waals surface area contributed by atoms with Gasteiger partial charge in [-0.1, -0.05) is 59.7 Å². The molecule has 1 aromatic heterocycles. The van der Waals surface area contributed by atoms with Gasteiger partial charge in [-0.25, -0.2) is 4.39 Å². The van der Waals surface area contributed by atoms with Crippen LogP contribution in [-0.4, -0.2) is 21.9 Å². The Hall–Kier alpha value is -4.13. The molecule has 1 heterocycles. The molecule has 0 aliphatic rings. The van der Waals surface area contributed by atoms with Gasteiger partial charge in [-0.2, -0.15) is 0 Å². The second-order valence-corrected chi connectivity index (χ2v) is 6.53. The van der Waals surface area contributed by atoms with Gasteiger partial charge in [0.15, 0.2) is 5.78 Å². The fourth-order valence-electron chi connectivity index (χ4n) is 2.85. The zero-order valence-corrected chi connectivity index (χ0v) is 15.7. The SMILES string of the molecule is O=C(Nc1nnc(Cc2ccc(F)cc2)o1)c1ccc(C(=O)c2ccccc2)cc1. The van der Waals surface area contributed by atoms with E-state index in [1.165, 1.54) is 12.1 Å².